The standard InChI is InChI=1S/C23H26N2O3/c1-28-22-13-16(26)14-24-20(22)12-18-21-17(22)8-5-9-19(21)25-23(18,27)11-10-15-6-3-2-4-7-15/h2-9,16,20,24,26-27H,10-14H2,1H3/t16-,20-,22+,23?/m1/s1. The lowest BCUT2D eigenvalue weighted by Crippen LogP contribution is -2.63. The van der Waals surface area contributed by atoms with Gasteiger partial charge in [0.2, 0.25) is 0 Å². The first-order chi connectivity index (χ1) is 13.6. The molecule has 2 heterocycles. The molecular formula is C23H26N2O3. The molecule has 3 N–H and O–H groups in total. The van der Waals surface area contributed by atoms with E-state index in [-0.39, 0.29) is 6.04 Å². The van der Waals surface area contributed by atoms with Gasteiger partial charge in [-0.1, -0.05) is 42.5 Å². The minimum atomic E-state index is -1.19. The molecule has 1 unspecified atom stereocenters. The van der Waals surface area contributed by atoms with Crippen molar-refractivity contribution in [3.05, 3.63) is 70.2 Å². The van der Waals surface area contributed by atoms with E-state index in [0.29, 0.717) is 25.8 Å². The number of piperidine rings is 1. The van der Waals surface area contributed by atoms with Crippen LogP contribution in [0.1, 0.15) is 30.4 Å². The molecule has 2 aliphatic heterocycles. The Morgan fingerprint density at radius 1 is 1.18 bits per heavy atom. The van der Waals surface area contributed by atoms with Gasteiger partial charge in [0.25, 0.3) is 0 Å². The summed E-state index contributed by atoms with van der Waals surface area (Å²) in [6.45, 7) is 0.539. The molecule has 2 aromatic rings. The molecule has 5 nitrogen and oxygen atoms in total. The molecule has 146 valence electrons. The second-order valence-electron chi connectivity index (χ2n) is 8.21. The number of nitrogens with one attached hydrogen (secondary N) is 1. The topological polar surface area (TPSA) is 74.1 Å². The predicted molar refractivity (Wildman–Crippen MR) is 106 cm³/mol. The number of β-amino-alcohol motifs (C(OH)–C–C–N with tert-alkyl or cyclic N) is 1. The van der Waals surface area contributed by atoms with Crippen LogP contribution in [0.25, 0.3) is 5.57 Å². The summed E-state index contributed by atoms with van der Waals surface area (Å²) < 4.78 is 6.05. The normalized spacial score (nSPS) is 33.2. The Hall–Kier alpha value is -2.05. The van der Waals surface area contributed by atoms with Crippen LogP contribution in [0.2, 0.25) is 0 Å². The summed E-state index contributed by atoms with van der Waals surface area (Å²) in [7, 11) is 1.71. The maximum absolute atomic E-state index is 11.6. The van der Waals surface area contributed by atoms with E-state index in [1.165, 1.54) is 5.56 Å². The Balaban J connectivity index is 1.60. The molecule has 0 saturated carbocycles. The first-order valence-electron chi connectivity index (χ1n) is 10.0. The summed E-state index contributed by atoms with van der Waals surface area (Å²) in [5.74, 6) is 0. The summed E-state index contributed by atoms with van der Waals surface area (Å²) in [4.78, 5) is 4.77. The smallest absolute Gasteiger partial charge is 0.180 e. The van der Waals surface area contributed by atoms with Gasteiger partial charge in [-0.25, -0.2) is 4.99 Å². The minimum absolute atomic E-state index is 0.00944. The fourth-order valence-corrected chi connectivity index (χ4v) is 5.29. The van der Waals surface area contributed by atoms with Crippen LogP contribution in [0, 0.1) is 0 Å². The van der Waals surface area contributed by atoms with Crippen LogP contribution in [-0.2, 0) is 16.8 Å². The van der Waals surface area contributed by atoms with Crippen LogP contribution in [-0.4, -0.2) is 41.7 Å². The number of aliphatic hydroxyl groups is 2. The van der Waals surface area contributed by atoms with Crippen molar-refractivity contribution in [1.29, 1.82) is 0 Å². The molecular weight excluding hydrogens is 352 g/mol. The van der Waals surface area contributed by atoms with Gasteiger partial charge in [-0.3, -0.25) is 0 Å². The number of benzene rings is 2. The highest BCUT2D eigenvalue weighted by Gasteiger charge is 2.52. The van der Waals surface area contributed by atoms with Gasteiger partial charge in [-0.05, 0) is 35.6 Å². The van der Waals surface area contributed by atoms with Gasteiger partial charge in [-0.2, -0.15) is 0 Å². The molecule has 5 heteroatoms. The van der Waals surface area contributed by atoms with Crippen molar-refractivity contribution in [2.45, 2.75) is 49.2 Å². The van der Waals surface area contributed by atoms with Crippen molar-refractivity contribution in [2.24, 2.45) is 4.99 Å². The molecule has 0 aromatic heterocycles. The molecule has 1 saturated heterocycles. The summed E-state index contributed by atoms with van der Waals surface area (Å²) in [6.07, 6.45) is 2.08. The van der Waals surface area contributed by atoms with Gasteiger partial charge in [-0.15, -0.1) is 0 Å². The number of ether oxygens (including phenoxy) is 1. The number of fused-ring (bicyclic) bond motifs is 2. The molecule has 0 spiro atoms. The van der Waals surface area contributed by atoms with Crippen molar-refractivity contribution < 1.29 is 14.9 Å². The van der Waals surface area contributed by atoms with Crippen LogP contribution < -0.4 is 15.9 Å². The molecule has 1 fully saturated rings. The van der Waals surface area contributed by atoms with Crippen molar-refractivity contribution >= 4 is 5.57 Å². The molecule has 2 aromatic carbocycles. The van der Waals surface area contributed by atoms with E-state index < -0.39 is 17.4 Å². The first-order valence-corrected chi connectivity index (χ1v) is 10.0. The van der Waals surface area contributed by atoms with E-state index in [1.54, 1.807) is 7.11 Å². The van der Waals surface area contributed by atoms with E-state index in [9.17, 15) is 10.2 Å². The Bertz CT molecular complexity index is 1020. The number of aliphatic hydroxyl groups excluding tert-OH is 1. The van der Waals surface area contributed by atoms with E-state index in [1.807, 2.05) is 30.3 Å². The summed E-state index contributed by atoms with van der Waals surface area (Å²) in [5.41, 5.74) is 1.43. The summed E-state index contributed by atoms with van der Waals surface area (Å²) >= 11 is 0. The maximum atomic E-state index is 11.6. The van der Waals surface area contributed by atoms with Crippen LogP contribution in [0.4, 0.5) is 0 Å². The highest BCUT2D eigenvalue weighted by atomic mass is 16.5. The molecule has 5 rings (SSSR count). The summed E-state index contributed by atoms with van der Waals surface area (Å²) in [6, 6.07) is 16.2. The maximum Gasteiger partial charge on any atom is 0.180 e. The van der Waals surface area contributed by atoms with Gasteiger partial charge in [0.05, 0.1) is 11.5 Å². The van der Waals surface area contributed by atoms with Gasteiger partial charge < -0.3 is 20.3 Å². The molecule has 0 radical (unpaired) electrons. The van der Waals surface area contributed by atoms with Crippen LogP contribution in [0.15, 0.2) is 53.5 Å². The van der Waals surface area contributed by atoms with Crippen molar-refractivity contribution in [3.8, 4) is 0 Å². The van der Waals surface area contributed by atoms with Crippen LogP contribution >= 0.6 is 0 Å². The zero-order valence-corrected chi connectivity index (χ0v) is 16.1. The van der Waals surface area contributed by atoms with Crippen molar-refractivity contribution in [2.75, 3.05) is 13.7 Å². The second kappa shape index (κ2) is 6.49. The Kier molecular flexibility index (Phi) is 4.18. The van der Waals surface area contributed by atoms with Gasteiger partial charge >= 0.3 is 0 Å². The number of hydrogen-bond donors (Lipinski definition) is 3. The fourth-order valence-electron chi connectivity index (χ4n) is 5.29. The lowest BCUT2D eigenvalue weighted by atomic mass is 9.70. The average molecular weight is 378 g/mol. The molecule has 3 aliphatic rings. The molecule has 4 atom stereocenters. The zero-order chi connectivity index (χ0) is 19.4. The van der Waals surface area contributed by atoms with Gasteiger partial charge in [0, 0.05) is 37.8 Å². The lowest BCUT2D eigenvalue weighted by Gasteiger charge is -2.48. The molecule has 1 aliphatic carbocycles. The third-order valence-electron chi connectivity index (χ3n) is 6.67. The number of rotatable bonds is 4. The Labute approximate surface area is 164 Å². The van der Waals surface area contributed by atoms with Crippen molar-refractivity contribution in [3.63, 3.8) is 0 Å². The van der Waals surface area contributed by atoms with Gasteiger partial charge in [0.1, 0.15) is 5.60 Å². The number of aryl methyl sites for hydroxylation is 1. The number of nitrogens with zero attached hydrogens (tertiary/aromatic N) is 1. The molecule has 28 heavy (non-hydrogen) atoms. The van der Waals surface area contributed by atoms with Gasteiger partial charge in [0.15, 0.2) is 5.72 Å². The van der Waals surface area contributed by atoms with Crippen molar-refractivity contribution in [1.82, 2.24) is 5.32 Å². The number of methoxy groups -OCH3 is 1. The third kappa shape index (κ3) is 2.58. The van der Waals surface area contributed by atoms with E-state index in [0.717, 1.165) is 28.1 Å². The highest BCUT2D eigenvalue weighted by Crippen LogP contribution is 2.44. The van der Waals surface area contributed by atoms with E-state index >= 15 is 0 Å². The first kappa shape index (κ1) is 18.0. The van der Waals surface area contributed by atoms with Crippen LogP contribution in [0.5, 0.6) is 0 Å². The Morgan fingerprint density at radius 3 is 2.79 bits per heavy atom. The minimum Gasteiger partial charge on any atom is -0.392 e. The highest BCUT2D eigenvalue weighted by molar-refractivity contribution is 5.62. The van der Waals surface area contributed by atoms with E-state index in [2.05, 4.69) is 23.5 Å². The van der Waals surface area contributed by atoms with E-state index in [4.69, 9.17) is 9.73 Å². The predicted octanol–water partition coefficient (Wildman–Crippen LogP) is 0.760. The summed E-state index contributed by atoms with van der Waals surface area (Å²) in [5, 5.41) is 27.2. The lowest BCUT2D eigenvalue weighted by molar-refractivity contribution is -0.102. The monoisotopic (exact) mass is 378 g/mol. The molecule has 0 bridgehead atoms. The molecule has 0 amide bonds. The van der Waals surface area contributed by atoms with Crippen LogP contribution in [0.3, 0.4) is 0 Å². The zero-order valence-electron chi connectivity index (χ0n) is 16.1. The largest absolute Gasteiger partial charge is 0.392 e. The number of hydrogen-bond acceptors (Lipinski definition) is 5. The fraction of sp³-hybridized carbons (Fsp3) is 0.435. The Morgan fingerprint density at radius 2 is 2.00 bits per heavy atom. The second-order valence-corrected chi connectivity index (χ2v) is 8.21. The SMILES string of the molecule is CO[C@]12C[C@@H](O)CN[C@@H]1CC1=c3c2cccc3=NC1(O)CCc1ccccc1. The quantitative estimate of drug-likeness (QED) is 0.735. The average Bonchev–Trinajstić information content (AvgIpc) is 3.01. The third-order valence-corrected chi connectivity index (χ3v) is 6.67.